The van der Waals surface area contributed by atoms with Crippen molar-refractivity contribution < 1.29 is 9.72 Å². The maximum absolute atomic E-state index is 12.4. The van der Waals surface area contributed by atoms with Gasteiger partial charge in [0.2, 0.25) is 5.91 Å². The Hall–Kier alpha value is -2.95. The van der Waals surface area contributed by atoms with Crippen molar-refractivity contribution in [1.82, 2.24) is 4.90 Å². The quantitative estimate of drug-likeness (QED) is 0.463. The van der Waals surface area contributed by atoms with Crippen LogP contribution in [0.5, 0.6) is 0 Å². The van der Waals surface area contributed by atoms with Crippen molar-refractivity contribution in [2.75, 3.05) is 13.1 Å². The summed E-state index contributed by atoms with van der Waals surface area (Å²) in [6.07, 6.45) is 6.23. The summed E-state index contributed by atoms with van der Waals surface area (Å²) in [7, 11) is 0. The molecule has 1 saturated heterocycles. The van der Waals surface area contributed by atoms with E-state index >= 15 is 0 Å². The van der Waals surface area contributed by atoms with Gasteiger partial charge in [-0.05, 0) is 42.4 Å². The first-order valence-corrected chi connectivity index (χ1v) is 8.87. The van der Waals surface area contributed by atoms with Crippen molar-refractivity contribution in [1.29, 1.82) is 0 Å². The summed E-state index contributed by atoms with van der Waals surface area (Å²) in [6.45, 7) is 1.52. The number of nitrogens with zero attached hydrogens (tertiary/aromatic N) is 2. The third-order valence-electron chi connectivity index (χ3n) is 4.79. The zero-order valence-electron chi connectivity index (χ0n) is 14.6. The highest BCUT2D eigenvalue weighted by molar-refractivity contribution is 5.91. The van der Waals surface area contributed by atoms with Crippen LogP contribution in [0.4, 0.5) is 5.69 Å². The van der Waals surface area contributed by atoms with Crippen LogP contribution in [-0.2, 0) is 11.2 Å². The van der Waals surface area contributed by atoms with Crippen LogP contribution in [0.1, 0.15) is 24.0 Å². The van der Waals surface area contributed by atoms with Crippen molar-refractivity contribution in [3.8, 4) is 0 Å². The second-order valence-corrected chi connectivity index (χ2v) is 6.64. The third kappa shape index (κ3) is 4.79. The zero-order valence-corrected chi connectivity index (χ0v) is 14.6. The molecule has 2 aromatic carbocycles. The van der Waals surface area contributed by atoms with Crippen molar-refractivity contribution in [2.24, 2.45) is 5.92 Å². The van der Waals surface area contributed by atoms with E-state index in [4.69, 9.17) is 0 Å². The summed E-state index contributed by atoms with van der Waals surface area (Å²) in [5, 5.41) is 10.8. The molecular weight excluding hydrogens is 328 g/mol. The van der Waals surface area contributed by atoms with Gasteiger partial charge in [-0.15, -0.1) is 0 Å². The van der Waals surface area contributed by atoms with Gasteiger partial charge in [0, 0.05) is 31.3 Å². The van der Waals surface area contributed by atoms with Gasteiger partial charge in [-0.25, -0.2) is 0 Å². The Labute approximate surface area is 153 Å². The zero-order chi connectivity index (χ0) is 18.4. The second kappa shape index (κ2) is 8.43. The molecule has 3 rings (SSSR count). The molecule has 1 aliphatic rings. The number of hydrogen-bond acceptors (Lipinski definition) is 3. The lowest BCUT2D eigenvalue weighted by atomic mass is 9.90. The van der Waals surface area contributed by atoms with Crippen molar-refractivity contribution in [2.45, 2.75) is 19.3 Å². The van der Waals surface area contributed by atoms with Crippen molar-refractivity contribution in [3.63, 3.8) is 0 Å². The van der Waals surface area contributed by atoms with Gasteiger partial charge in [-0.2, -0.15) is 0 Å². The van der Waals surface area contributed by atoms with Gasteiger partial charge in [0.1, 0.15) is 0 Å². The number of benzene rings is 2. The summed E-state index contributed by atoms with van der Waals surface area (Å²) in [5.74, 6) is 0.580. The third-order valence-corrected chi connectivity index (χ3v) is 4.79. The number of hydrogen-bond donors (Lipinski definition) is 0. The molecule has 0 aromatic heterocycles. The highest BCUT2D eigenvalue weighted by Gasteiger charge is 2.21. The molecule has 0 spiro atoms. The Kier molecular flexibility index (Phi) is 5.79. The lowest BCUT2D eigenvalue weighted by molar-refractivity contribution is -0.384. The fourth-order valence-electron chi connectivity index (χ4n) is 3.32. The normalized spacial score (nSPS) is 15.3. The van der Waals surface area contributed by atoms with Crippen molar-refractivity contribution >= 4 is 17.7 Å². The van der Waals surface area contributed by atoms with E-state index in [2.05, 4.69) is 24.3 Å². The molecule has 1 fully saturated rings. The number of amides is 1. The summed E-state index contributed by atoms with van der Waals surface area (Å²) in [5.41, 5.74) is 2.04. The molecule has 5 heteroatoms. The SMILES string of the molecule is O=C(C=Cc1cccc([N+](=O)[O-])c1)N1CCC(Cc2ccccc2)CC1. The van der Waals surface area contributed by atoms with Gasteiger partial charge >= 0.3 is 0 Å². The maximum Gasteiger partial charge on any atom is 0.270 e. The first-order valence-electron chi connectivity index (χ1n) is 8.87. The average molecular weight is 350 g/mol. The van der Waals surface area contributed by atoms with Gasteiger partial charge in [0.25, 0.3) is 5.69 Å². The smallest absolute Gasteiger partial charge is 0.270 e. The van der Waals surface area contributed by atoms with Crippen LogP contribution in [0.2, 0.25) is 0 Å². The minimum absolute atomic E-state index is 0.0290. The number of carbonyl (C=O) groups excluding carboxylic acids is 1. The molecule has 5 nitrogen and oxygen atoms in total. The standard InChI is InChI=1S/C21H22N2O3/c24-21(10-9-18-7-4-8-20(16-18)23(25)26)22-13-11-19(12-14-22)15-17-5-2-1-3-6-17/h1-10,16,19H,11-15H2. The molecular formula is C21H22N2O3. The number of nitro benzene ring substituents is 1. The molecule has 0 atom stereocenters. The average Bonchev–Trinajstić information content (AvgIpc) is 2.68. The molecule has 0 saturated carbocycles. The van der Waals surface area contributed by atoms with E-state index in [9.17, 15) is 14.9 Å². The number of piperidine rings is 1. The van der Waals surface area contributed by atoms with Crippen LogP contribution < -0.4 is 0 Å². The first kappa shape index (κ1) is 17.9. The van der Waals surface area contributed by atoms with Crippen LogP contribution in [0.15, 0.2) is 60.7 Å². The van der Waals surface area contributed by atoms with Crippen LogP contribution in [0, 0.1) is 16.0 Å². The first-order chi connectivity index (χ1) is 12.6. The number of carbonyl (C=O) groups is 1. The minimum atomic E-state index is -0.434. The highest BCUT2D eigenvalue weighted by Crippen LogP contribution is 2.22. The minimum Gasteiger partial charge on any atom is -0.339 e. The fraction of sp³-hybridized carbons (Fsp3) is 0.286. The van der Waals surface area contributed by atoms with Crippen LogP contribution in [-0.4, -0.2) is 28.8 Å². The van der Waals surface area contributed by atoms with Gasteiger partial charge < -0.3 is 4.90 Å². The Morgan fingerprint density at radius 2 is 1.85 bits per heavy atom. The van der Waals surface area contributed by atoms with Gasteiger partial charge in [0.15, 0.2) is 0 Å². The summed E-state index contributed by atoms with van der Waals surface area (Å²) >= 11 is 0. The molecule has 0 N–H and O–H groups in total. The maximum atomic E-state index is 12.4. The Balaban J connectivity index is 1.52. The topological polar surface area (TPSA) is 63.4 Å². The predicted octanol–water partition coefficient (Wildman–Crippen LogP) is 4.09. The lowest BCUT2D eigenvalue weighted by Crippen LogP contribution is -2.37. The molecule has 0 radical (unpaired) electrons. The number of non-ortho nitro benzene ring substituents is 1. The largest absolute Gasteiger partial charge is 0.339 e. The van der Waals surface area contributed by atoms with E-state index < -0.39 is 4.92 Å². The van der Waals surface area contributed by atoms with E-state index in [1.807, 2.05) is 11.0 Å². The van der Waals surface area contributed by atoms with Crippen LogP contribution in [0.25, 0.3) is 6.08 Å². The van der Waals surface area contributed by atoms with E-state index in [0.717, 1.165) is 32.4 Å². The molecule has 1 amide bonds. The van der Waals surface area contributed by atoms with E-state index in [-0.39, 0.29) is 11.6 Å². The number of nitro groups is 1. The Morgan fingerprint density at radius 3 is 2.54 bits per heavy atom. The van der Waals surface area contributed by atoms with E-state index in [0.29, 0.717) is 11.5 Å². The molecule has 1 aliphatic heterocycles. The lowest BCUT2D eigenvalue weighted by Gasteiger charge is -2.31. The monoisotopic (exact) mass is 350 g/mol. The van der Waals surface area contributed by atoms with Crippen molar-refractivity contribution in [3.05, 3.63) is 81.9 Å². The summed E-state index contributed by atoms with van der Waals surface area (Å²) in [6, 6.07) is 16.7. The Morgan fingerprint density at radius 1 is 1.12 bits per heavy atom. The predicted molar refractivity (Wildman–Crippen MR) is 102 cm³/mol. The number of rotatable bonds is 5. The van der Waals surface area contributed by atoms with E-state index in [1.165, 1.54) is 23.8 Å². The van der Waals surface area contributed by atoms with Gasteiger partial charge in [-0.3, -0.25) is 14.9 Å². The molecule has 2 aromatic rings. The van der Waals surface area contributed by atoms with Gasteiger partial charge in [0.05, 0.1) is 4.92 Å². The highest BCUT2D eigenvalue weighted by atomic mass is 16.6. The number of likely N-dealkylation sites (tertiary alicyclic amines) is 1. The Bertz CT molecular complexity index is 794. The molecule has 1 heterocycles. The van der Waals surface area contributed by atoms with Gasteiger partial charge in [-0.1, -0.05) is 42.5 Å². The van der Waals surface area contributed by atoms with Crippen LogP contribution in [0.3, 0.4) is 0 Å². The fourth-order valence-corrected chi connectivity index (χ4v) is 3.32. The molecule has 0 bridgehead atoms. The molecule has 0 aliphatic carbocycles. The molecule has 0 unspecified atom stereocenters. The molecule has 134 valence electrons. The van der Waals surface area contributed by atoms with E-state index in [1.54, 1.807) is 18.2 Å². The van der Waals surface area contributed by atoms with Crippen LogP contribution >= 0.6 is 0 Å². The second-order valence-electron chi connectivity index (χ2n) is 6.64. The summed E-state index contributed by atoms with van der Waals surface area (Å²) < 4.78 is 0. The molecule has 26 heavy (non-hydrogen) atoms. The summed E-state index contributed by atoms with van der Waals surface area (Å²) in [4.78, 5) is 24.6.